The van der Waals surface area contributed by atoms with Gasteiger partial charge in [-0.2, -0.15) is 0 Å². The summed E-state index contributed by atoms with van der Waals surface area (Å²) in [5.74, 6) is 4.30. The number of aliphatic hydroxyl groups excluding tert-OH is 1. The van der Waals surface area contributed by atoms with Crippen LogP contribution in [-0.2, 0) is 0 Å². The van der Waals surface area contributed by atoms with Gasteiger partial charge in [0.1, 0.15) is 12.6 Å². The van der Waals surface area contributed by atoms with E-state index in [2.05, 4.69) is 171 Å². The summed E-state index contributed by atoms with van der Waals surface area (Å²) in [6.45, 7) is 39.8. The smallest absolute Gasteiger partial charge is 0.104 e. The first-order valence-electron chi connectivity index (χ1n) is 30.4. The van der Waals surface area contributed by atoms with E-state index in [-0.39, 0.29) is 6.10 Å². The predicted molar refractivity (Wildman–Crippen MR) is 330 cm³/mol. The van der Waals surface area contributed by atoms with Crippen molar-refractivity contribution >= 4 is 0 Å². The zero-order valence-electron chi connectivity index (χ0n) is 54.4. The lowest BCUT2D eigenvalue weighted by atomic mass is 9.92. The molecule has 438 valence electrons. The summed E-state index contributed by atoms with van der Waals surface area (Å²) < 4.78 is 4.41. The molecule has 6 unspecified atom stereocenters. The van der Waals surface area contributed by atoms with Crippen molar-refractivity contribution in [1.82, 2.24) is 4.98 Å². The van der Waals surface area contributed by atoms with Crippen LogP contribution in [0.25, 0.3) is 0 Å². The second kappa shape index (κ2) is 53.2. The van der Waals surface area contributed by atoms with Gasteiger partial charge in [0.25, 0.3) is 0 Å². The third kappa shape index (κ3) is 66.8. The van der Waals surface area contributed by atoms with Crippen LogP contribution in [-0.4, -0.2) is 163 Å². The van der Waals surface area contributed by atoms with Crippen molar-refractivity contribution in [2.75, 3.05) is 123 Å². The monoisotopic (exact) mass is 1030 g/mol. The van der Waals surface area contributed by atoms with Crippen molar-refractivity contribution in [3.05, 3.63) is 30.1 Å². The normalized spacial score (nSPS) is 16.5. The molecule has 0 aromatic carbocycles. The molecule has 0 radical (unpaired) electrons. The molecular weight excluding hydrogens is 885 g/mol. The quantitative estimate of drug-likeness (QED) is 0.0518. The Balaban J connectivity index is -0.000000180. The number of hydrogen-bond acceptors (Lipinski definition) is 5. The van der Waals surface area contributed by atoms with Crippen LogP contribution in [0.15, 0.2) is 24.5 Å². The fourth-order valence-electron chi connectivity index (χ4n) is 8.29. The lowest BCUT2D eigenvalue weighted by molar-refractivity contribution is -0.890. The highest BCUT2D eigenvalue weighted by Gasteiger charge is 2.37. The van der Waals surface area contributed by atoms with Gasteiger partial charge < -0.3 is 40.2 Å². The van der Waals surface area contributed by atoms with Crippen LogP contribution in [0.1, 0.15) is 230 Å². The Hall–Kier alpha value is -1.17. The van der Waals surface area contributed by atoms with Gasteiger partial charge in [0.05, 0.1) is 103 Å². The molecule has 72 heavy (non-hydrogen) atoms. The second-order valence-corrected chi connectivity index (χ2v) is 25.2. The van der Waals surface area contributed by atoms with Crippen LogP contribution >= 0.6 is 0 Å². The van der Waals surface area contributed by atoms with Gasteiger partial charge in [-0.05, 0) is 139 Å². The number of aromatic nitrogens is 1. The van der Waals surface area contributed by atoms with Crippen molar-refractivity contribution < 1.29 is 23.0 Å². The zero-order valence-corrected chi connectivity index (χ0v) is 54.4. The van der Waals surface area contributed by atoms with E-state index < -0.39 is 0 Å². The van der Waals surface area contributed by atoms with Gasteiger partial charge in [0.15, 0.2) is 0 Å². The van der Waals surface area contributed by atoms with E-state index in [1.165, 1.54) is 163 Å². The van der Waals surface area contributed by atoms with E-state index in [1.54, 1.807) is 0 Å². The number of hydrogen-bond donors (Lipinski definition) is 4. The topological polar surface area (TPSA) is 111 Å². The number of likely N-dealkylation sites (tertiary alicyclic amines) is 1. The highest BCUT2D eigenvalue weighted by atomic mass is 16.3. The first-order chi connectivity index (χ1) is 33.5. The number of nitrogens with two attached hydrogens (primary N) is 3. The maximum Gasteiger partial charge on any atom is 0.104 e. The molecule has 9 heteroatoms. The standard InChI is InChI=1S/C16H38N2.C10H22N.C9H13N.C8H19N.C6H16NO.C5H13N.C5H12.C4H11N/c1-7-8-11-15-18(5,6)16-13-10-9-12-14-17(2,3)4;1-5-9-7-11(3,4)8-10(9)6-2;1-3-8(2)9-4-6-10-7-5-9;1-3-8(4-2)6-5-7-9;1-6(8)5-7(2,3)4;1-3-5(2)4-6;1-3-5-4-2;1-3-4(2)5/h7-16H2,1-6H3;9-10H,5-8H2,1-4H3;4-8H,3H2,1-2H3;8H,3-7,9H2,1-2H3;6,8H,5H2,1-4H3;5H,3-4,6H2,1-2H3;3-5H2,1-2H3;4H,3,5H2,1-2H3/q+2;+1;;;+1;;;. The summed E-state index contributed by atoms with van der Waals surface area (Å²) in [5.41, 5.74) is 17.3. The number of nitrogens with zero attached hydrogens (tertiary/aromatic N) is 5. The average Bonchev–Trinajstić information content (AvgIpc) is 3.64. The molecule has 1 aliphatic heterocycles. The van der Waals surface area contributed by atoms with Crippen LogP contribution in [0.5, 0.6) is 0 Å². The zero-order chi connectivity index (χ0) is 57.2. The number of rotatable bonds is 27. The van der Waals surface area contributed by atoms with Gasteiger partial charge in [-0.3, -0.25) is 4.98 Å². The van der Waals surface area contributed by atoms with Crippen LogP contribution < -0.4 is 17.2 Å². The first-order valence-corrected chi connectivity index (χ1v) is 30.4. The molecule has 1 aliphatic rings. The Kier molecular flexibility index (Phi) is 60.8. The molecule has 6 atom stereocenters. The lowest BCUT2D eigenvalue weighted by Gasteiger charge is -2.30. The van der Waals surface area contributed by atoms with Crippen molar-refractivity contribution in [1.29, 1.82) is 0 Å². The molecule has 1 aromatic heterocycles. The van der Waals surface area contributed by atoms with E-state index in [9.17, 15) is 0 Å². The Bertz CT molecular complexity index is 1140. The molecule has 0 saturated carbocycles. The molecule has 2 rings (SSSR count). The van der Waals surface area contributed by atoms with E-state index in [0.29, 0.717) is 17.9 Å². The van der Waals surface area contributed by atoms with Crippen molar-refractivity contribution in [3.8, 4) is 0 Å². The second-order valence-electron chi connectivity index (χ2n) is 25.2. The van der Waals surface area contributed by atoms with Crippen LogP contribution in [0, 0.1) is 23.7 Å². The Morgan fingerprint density at radius 3 is 1.28 bits per heavy atom. The van der Waals surface area contributed by atoms with Crippen molar-refractivity contribution in [2.45, 2.75) is 237 Å². The van der Waals surface area contributed by atoms with Crippen molar-refractivity contribution in [3.63, 3.8) is 0 Å². The molecule has 0 amide bonds. The average molecular weight is 1030 g/mol. The van der Waals surface area contributed by atoms with Crippen molar-refractivity contribution in [2.24, 2.45) is 40.9 Å². The molecule has 1 fully saturated rings. The Morgan fingerprint density at radius 1 is 0.583 bits per heavy atom. The van der Waals surface area contributed by atoms with Gasteiger partial charge in [0, 0.05) is 30.3 Å². The molecule has 1 saturated heterocycles. The molecule has 7 N–H and O–H groups in total. The maximum atomic E-state index is 8.87. The van der Waals surface area contributed by atoms with Crippen LogP contribution in [0.4, 0.5) is 0 Å². The van der Waals surface area contributed by atoms with Gasteiger partial charge in [-0.25, -0.2) is 0 Å². The third-order valence-electron chi connectivity index (χ3n) is 14.0. The fourth-order valence-corrected chi connectivity index (χ4v) is 8.29. The van der Waals surface area contributed by atoms with E-state index in [4.69, 9.17) is 22.3 Å². The summed E-state index contributed by atoms with van der Waals surface area (Å²) in [7, 11) is 22.5. The number of aliphatic hydroxyl groups is 1. The molecule has 2 heterocycles. The summed E-state index contributed by atoms with van der Waals surface area (Å²) in [4.78, 5) is 3.96. The lowest BCUT2D eigenvalue weighted by Crippen LogP contribution is -2.41. The SMILES string of the molecule is CC(O)C[N+](C)(C)C.CCC(C)CN.CCC(C)N.CCC(C)c1ccncc1.CCC(CC)CCCN.CCC1C[N+](C)(C)CC1CC.CCCCC.CCCCC[N+](C)(C)CCCCCC[N+](C)(C)C. The minimum absolute atomic E-state index is 0.185. The molecule has 0 bridgehead atoms. The van der Waals surface area contributed by atoms with Crippen LogP contribution in [0.2, 0.25) is 0 Å². The Morgan fingerprint density at radius 2 is 1.01 bits per heavy atom. The highest BCUT2D eigenvalue weighted by Crippen LogP contribution is 2.31. The molecule has 0 spiro atoms. The van der Waals surface area contributed by atoms with E-state index >= 15 is 0 Å². The van der Waals surface area contributed by atoms with Gasteiger partial charge >= 0.3 is 0 Å². The summed E-state index contributed by atoms with van der Waals surface area (Å²) in [6.07, 6.45) is 28.7. The Labute approximate surface area is 457 Å². The molecule has 0 aliphatic carbocycles. The van der Waals surface area contributed by atoms with Gasteiger partial charge in [-0.1, -0.05) is 128 Å². The van der Waals surface area contributed by atoms with Gasteiger partial charge in [-0.15, -0.1) is 0 Å². The first kappa shape index (κ1) is 82.2. The van der Waals surface area contributed by atoms with Gasteiger partial charge in [0.2, 0.25) is 0 Å². The van der Waals surface area contributed by atoms with Crippen LogP contribution in [0.3, 0.4) is 0 Å². The minimum atomic E-state index is -0.185. The predicted octanol–water partition coefficient (Wildman–Crippen LogP) is 14.4. The van der Waals surface area contributed by atoms with E-state index in [0.717, 1.165) is 52.8 Å². The number of likely N-dealkylation sites (N-methyl/N-ethyl adjacent to an activating group) is 1. The summed E-state index contributed by atoms with van der Waals surface area (Å²) in [5, 5.41) is 8.87. The minimum Gasteiger partial charge on any atom is -0.388 e. The summed E-state index contributed by atoms with van der Waals surface area (Å²) >= 11 is 0. The maximum absolute atomic E-state index is 8.87. The molecule has 1 aromatic rings. The number of quaternary nitrogens is 4. The van der Waals surface area contributed by atoms with E-state index in [1.807, 2.05) is 26.2 Å². The highest BCUT2D eigenvalue weighted by molar-refractivity contribution is 5.14. The third-order valence-corrected chi connectivity index (χ3v) is 14.0. The fraction of sp³-hybridized carbons (Fsp3) is 0.921. The summed E-state index contributed by atoms with van der Waals surface area (Å²) in [6, 6.07) is 4.54. The molecular formula is C63H144N8O+4. The number of unbranched alkanes of at least 4 members (excludes halogenated alkanes) is 7. The molecule has 9 nitrogen and oxygen atoms in total. The number of pyridine rings is 1. The largest absolute Gasteiger partial charge is 0.388 e.